The van der Waals surface area contributed by atoms with Crippen molar-refractivity contribution in [3.63, 3.8) is 0 Å². The van der Waals surface area contributed by atoms with Crippen LogP contribution in [0.4, 0.5) is 11.5 Å². The van der Waals surface area contributed by atoms with Crippen LogP contribution in [0.1, 0.15) is 0 Å². The van der Waals surface area contributed by atoms with Crippen LogP contribution in [0, 0.1) is 17.2 Å². The molecule has 0 saturated carbocycles. The summed E-state index contributed by atoms with van der Waals surface area (Å²) >= 11 is 0. The molecular formula is C7H7KN3O3-. The zero-order valence-electron chi connectivity index (χ0n) is 7.93. The summed E-state index contributed by atoms with van der Waals surface area (Å²) in [5, 5.41) is 10.4. The summed E-state index contributed by atoms with van der Waals surface area (Å²) in [6.45, 7) is 0. The van der Waals surface area contributed by atoms with Gasteiger partial charge in [-0.15, -0.1) is 0 Å². The predicted molar refractivity (Wildman–Crippen MR) is 46.4 cm³/mol. The van der Waals surface area contributed by atoms with Gasteiger partial charge in [-0.1, -0.05) is 7.05 Å². The summed E-state index contributed by atoms with van der Waals surface area (Å²) in [4.78, 5) is 25.3. The molecule has 0 amide bonds. The van der Waals surface area contributed by atoms with E-state index in [0.29, 0.717) is 0 Å². The first-order chi connectivity index (χ1) is 6.02. The average molecular weight is 220 g/mol. The zero-order valence-corrected chi connectivity index (χ0v) is 11.1. The van der Waals surface area contributed by atoms with E-state index in [1.165, 1.54) is 11.9 Å². The van der Waals surface area contributed by atoms with Crippen molar-refractivity contribution in [3.8, 4) is 0 Å². The topological polar surface area (TPSA) is 77.5 Å². The van der Waals surface area contributed by atoms with Gasteiger partial charge in [0.2, 0.25) is 0 Å². The smallest absolute Gasteiger partial charge is 0.619 e. The second kappa shape index (κ2) is 5.61. The number of aromatic nitrogens is 1. The number of nitro groups is 1. The van der Waals surface area contributed by atoms with E-state index in [1.54, 1.807) is 0 Å². The fourth-order valence-electron chi connectivity index (χ4n) is 0.847. The molecule has 1 aromatic rings. The van der Waals surface area contributed by atoms with Crippen LogP contribution in [-0.4, -0.2) is 12.0 Å². The van der Waals surface area contributed by atoms with E-state index < -0.39 is 10.5 Å². The first-order valence-electron chi connectivity index (χ1n) is 3.39. The Morgan fingerprint density at radius 1 is 1.57 bits per heavy atom. The Hall–Kier alpha value is -0.214. The molecule has 0 unspecified atom stereocenters. The molecule has 6 nitrogen and oxygen atoms in total. The van der Waals surface area contributed by atoms with Crippen LogP contribution in [0.3, 0.4) is 0 Å². The van der Waals surface area contributed by atoms with Crippen molar-refractivity contribution in [1.29, 1.82) is 0 Å². The summed E-state index contributed by atoms with van der Waals surface area (Å²) in [6.07, 6.45) is 0. The molecule has 0 spiro atoms. The van der Waals surface area contributed by atoms with Crippen LogP contribution >= 0.6 is 0 Å². The van der Waals surface area contributed by atoms with Crippen molar-refractivity contribution in [3.05, 3.63) is 39.6 Å². The monoisotopic (exact) mass is 220 g/mol. The van der Waals surface area contributed by atoms with Gasteiger partial charge >= 0.3 is 51.4 Å². The molecule has 7 heteroatoms. The molecule has 14 heavy (non-hydrogen) atoms. The van der Waals surface area contributed by atoms with Crippen LogP contribution < -0.4 is 66.8 Å². The van der Waals surface area contributed by atoms with Crippen molar-refractivity contribution >= 4 is 11.5 Å². The third-order valence-electron chi connectivity index (χ3n) is 1.39. The van der Waals surface area contributed by atoms with Crippen molar-refractivity contribution in [2.75, 3.05) is 11.9 Å². The van der Waals surface area contributed by atoms with Crippen molar-refractivity contribution in [2.24, 2.45) is 0 Å². The minimum atomic E-state index is -0.608. The van der Waals surface area contributed by atoms with E-state index >= 15 is 0 Å². The molecule has 0 atom stereocenters. The minimum Gasteiger partial charge on any atom is -0.619 e. The molecule has 0 aliphatic heterocycles. The van der Waals surface area contributed by atoms with Gasteiger partial charge < -0.3 is 16.9 Å². The Morgan fingerprint density at radius 2 is 2.14 bits per heavy atom. The van der Waals surface area contributed by atoms with Crippen LogP contribution in [0.25, 0.3) is 0 Å². The van der Waals surface area contributed by atoms with Gasteiger partial charge in [0.15, 0.2) is 5.56 Å². The van der Waals surface area contributed by atoms with Crippen molar-refractivity contribution in [1.82, 2.24) is 4.98 Å². The Balaban J connectivity index is 0.00000169. The van der Waals surface area contributed by atoms with E-state index in [-0.39, 0.29) is 62.9 Å². The van der Waals surface area contributed by atoms with Gasteiger partial charge in [0.05, 0.1) is 4.92 Å². The zero-order chi connectivity index (χ0) is 10.0. The van der Waals surface area contributed by atoms with Gasteiger partial charge in [0.25, 0.3) is 5.69 Å². The Morgan fingerprint density at radius 3 is 2.57 bits per heavy atom. The number of rotatable bonds is 2. The summed E-state index contributed by atoms with van der Waals surface area (Å²) in [5.74, 6) is -0.0301. The molecule has 70 valence electrons. The number of hydrogen-bond acceptors (Lipinski definition) is 4. The number of anilines is 1. The molecule has 0 aromatic carbocycles. The summed E-state index contributed by atoms with van der Waals surface area (Å²) < 4.78 is 0. The van der Waals surface area contributed by atoms with Crippen LogP contribution in [0.15, 0.2) is 16.9 Å². The summed E-state index contributed by atoms with van der Waals surface area (Å²) in [5.41, 5.74) is -0.742. The van der Waals surface area contributed by atoms with Crippen LogP contribution in [-0.2, 0) is 0 Å². The van der Waals surface area contributed by atoms with E-state index in [4.69, 9.17) is 0 Å². The second-order valence-electron chi connectivity index (χ2n) is 2.45. The third kappa shape index (κ3) is 3.17. The van der Waals surface area contributed by atoms with Gasteiger partial charge in [0, 0.05) is 6.07 Å². The molecule has 0 radical (unpaired) electrons. The Kier molecular flexibility index (Phi) is 5.53. The fourth-order valence-corrected chi connectivity index (χ4v) is 0.847. The van der Waals surface area contributed by atoms with E-state index in [0.717, 1.165) is 12.1 Å². The maximum atomic E-state index is 10.8. The van der Waals surface area contributed by atoms with Gasteiger partial charge in [-0.2, -0.15) is 0 Å². The molecule has 1 rings (SSSR count). The molecular weight excluding hydrogens is 213 g/mol. The van der Waals surface area contributed by atoms with E-state index in [9.17, 15) is 14.9 Å². The van der Waals surface area contributed by atoms with Crippen molar-refractivity contribution in [2.45, 2.75) is 0 Å². The van der Waals surface area contributed by atoms with Gasteiger partial charge in [-0.25, -0.2) is 0 Å². The largest absolute Gasteiger partial charge is 1.00 e. The summed E-state index contributed by atoms with van der Waals surface area (Å²) in [7, 11) is 4.90. The molecule has 0 saturated heterocycles. The maximum Gasteiger partial charge on any atom is 1.00 e. The SMILES string of the molecule is [CH2-]N(C)c1[n-]c(=O)ccc1[N+](=O)[O-].[K+]. The number of nitrogens with zero attached hydrogens (tertiary/aromatic N) is 3. The summed E-state index contributed by atoms with van der Waals surface area (Å²) in [6, 6.07) is 2.16. The standard InChI is InChI=1S/C7H8N3O3.K/c1-9(2)7-5(10(12)13)3-4-6(11)8-7;/h3-4H,1H2,2H3,(H,8,11);/q-1;+1/p-1. The second-order valence-corrected chi connectivity index (χ2v) is 2.45. The third-order valence-corrected chi connectivity index (χ3v) is 1.39. The first kappa shape index (κ1) is 13.8. The Labute approximate surface area is 123 Å². The predicted octanol–water partition coefficient (Wildman–Crippen LogP) is -2.86. The van der Waals surface area contributed by atoms with Crippen LogP contribution in [0.2, 0.25) is 0 Å². The van der Waals surface area contributed by atoms with Gasteiger partial charge in [0.1, 0.15) is 0 Å². The fraction of sp³-hybridized carbons (Fsp3) is 0.143. The van der Waals surface area contributed by atoms with Gasteiger partial charge in [-0.3, -0.25) is 14.9 Å². The molecule has 1 heterocycles. The first-order valence-corrected chi connectivity index (χ1v) is 3.39. The van der Waals surface area contributed by atoms with Crippen molar-refractivity contribution < 1.29 is 56.3 Å². The molecule has 1 aromatic heterocycles. The average Bonchev–Trinajstić information content (AvgIpc) is 2.03. The molecule has 0 bridgehead atoms. The Bertz CT molecular complexity index is 388. The maximum absolute atomic E-state index is 10.8. The van der Waals surface area contributed by atoms with Gasteiger partial charge in [-0.05, 0) is 11.9 Å². The quantitative estimate of drug-likeness (QED) is 0.232. The molecule has 0 N–H and O–H groups in total. The molecule has 0 aliphatic rings. The van der Waals surface area contributed by atoms with Crippen LogP contribution in [0.5, 0.6) is 0 Å². The number of pyridine rings is 1. The van der Waals surface area contributed by atoms with E-state index in [2.05, 4.69) is 12.0 Å². The molecule has 0 fully saturated rings. The van der Waals surface area contributed by atoms with E-state index in [1.807, 2.05) is 0 Å². The number of hydrogen-bond donors (Lipinski definition) is 0. The normalized spacial score (nSPS) is 9.00. The molecule has 0 aliphatic carbocycles. The minimum absolute atomic E-state index is 0.